The van der Waals surface area contributed by atoms with Crippen LogP contribution in [0.4, 0.5) is 0 Å². The molecule has 1 aliphatic carbocycles. The molecule has 1 saturated heterocycles. The number of fused-ring (bicyclic) bond motifs is 1. The number of rotatable bonds is 7. The standard InChI is InChI=1S/C27H32N2O3/c1-20-7-9-22(10-8-20)31-16-15-28(2)26(30)24-18-27(24)11-13-29(14-12-27)19-23-17-21-5-3-4-6-25(21)32-23/h3-10,17,24H,11-16,18-19H2,1-2H3/t24-/m0/s1. The zero-order valence-corrected chi connectivity index (χ0v) is 19.0. The molecular weight excluding hydrogens is 400 g/mol. The molecule has 1 aliphatic heterocycles. The van der Waals surface area contributed by atoms with Crippen molar-refractivity contribution in [3.63, 3.8) is 0 Å². The highest BCUT2D eigenvalue weighted by Gasteiger charge is 2.58. The Kier molecular flexibility index (Phi) is 5.68. The molecule has 0 N–H and O–H groups in total. The van der Waals surface area contributed by atoms with Gasteiger partial charge in [0.05, 0.1) is 13.1 Å². The van der Waals surface area contributed by atoms with Crippen LogP contribution in [-0.2, 0) is 11.3 Å². The molecule has 32 heavy (non-hydrogen) atoms. The van der Waals surface area contributed by atoms with Crippen molar-refractivity contribution in [2.24, 2.45) is 11.3 Å². The maximum atomic E-state index is 13.0. The average Bonchev–Trinajstić information content (AvgIpc) is 3.34. The minimum absolute atomic E-state index is 0.181. The van der Waals surface area contributed by atoms with Crippen LogP contribution in [0.3, 0.4) is 0 Å². The number of ether oxygens (including phenoxy) is 1. The van der Waals surface area contributed by atoms with E-state index in [4.69, 9.17) is 9.15 Å². The third kappa shape index (κ3) is 4.40. The molecule has 1 saturated carbocycles. The average molecular weight is 433 g/mol. The third-order valence-electron chi connectivity index (χ3n) is 7.29. The van der Waals surface area contributed by atoms with Gasteiger partial charge in [0.25, 0.3) is 0 Å². The van der Waals surface area contributed by atoms with Crippen molar-refractivity contribution in [1.82, 2.24) is 9.80 Å². The van der Waals surface area contributed by atoms with Crippen LogP contribution in [0.15, 0.2) is 59.0 Å². The number of benzene rings is 2. The maximum absolute atomic E-state index is 13.0. The number of likely N-dealkylation sites (tertiary alicyclic amines) is 1. The summed E-state index contributed by atoms with van der Waals surface area (Å²) in [4.78, 5) is 17.3. The molecule has 2 heterocycles. The van der Waals surface area contributed by atoms with Gasteiger partial charge in [0.1, 0.15) is 23.7 Å². The van der Waals surface area contributed by atoms with E-state index in [9.17, 15) is 4.79 Å². The van der Waals surface area contributed by atoms with Crippen LogP contribution < -0.4 is 4.74 Å². The summed E-state index contributed by atoms with van der Waals surface area (Å²) in [6.45, 7) is 6.11. The van der Waals surface area contributed by atoms with E-state index in [0.29, 0.717) is 13.2 Å². The molecule has 0 bridgehead atoms. The highest BCUT2D eigenvalue weighted by Crippen LogP contribution is 2.60. The van der Waals surface area contributed by atoms with E-state index >= 15 is 0 Å². The van der Waals surface area contributed by atoms with Crippen LogP contribution >= 0.6 is 0 Å². The first-order valence-corrected chi connectivity index (χ1v) is 11.7. The highest BCUT2D eigenvalue weighted by atomic mass is 16.5. The molecule has 5 heteroatoms. The molecule has 2 aromatic carbocycles. The van der Waals surface area contributed by atoms with E-state index in [1.54, 1.807) is 0 Å². The van der Waals surface area contributed by atoms with E-state index in [2.05, 4.69) is 24.0 Å². The fourth-order valence-electron chi connectivity index (χ4n) is 5.05. The van der Waals surface area contributed by atoms with Crippen molar-refractivity contribution in [3.05, 3.63) is 65.9 Å². The Morgan fingerprint density at radius 2 is 1.91 bits per heavy atom. The number of likely N-dealkylation sites (N-methyl/N-ethyl adjacent to an activating group) is 1. The molecule has 1 spiro atoms. The van der Waals surface area contributed by atoms with Crippen molar-refractivity contribution in [2.45, 2.75) is 32.7 Å². The van der Waals surface area contributed by atoms with Crippen LogP contribution in [0, 0.1) is 18.3 Å². The number of para-hydroxylation sites is 1. The Bertz CT molecular complexity index is 1050. The van der Waals surface area contributed by atoms with E-state index in [1.807, 2.05) is 54.4 Å². The number of piperidine rings is 1. The van der Waals surface area contributed by atoms with Gasteiger partial charge in [0.15, 0.2) is 0 Å². The van der Waals surface area contributed by atoms with Crippen molar-refractivity contribution in [2.75, 3.05) is 33.3 Å². The third-order valence-corrected chi connectivity index (χ3v) is 7.29. The predicted octanol–water partition coefficient (Wildman–Crippen LogP) is 4.88. The monoisotopic (exact) mass is 432 g/mol. The van der Waals surface area contributed by atoms with Crippen molar-refractivity contribution in [3.8, 4) is 5.75 Å². The second-order valence-corrected chi connectivity index (χ2v) is 9.57. The molecular formula is C27H32N2O3. The van der Waals surface area contributed by atoms with Gasteiger partial charge in [-0.2, -0.15) is 0 Å². The molecule has 5 rings (SSSR count). The van der Waals surface area contributed by atoms with Crippen molar-refractivity contribution >= 4 is 16.9 Å². The van der Waals surface area contributed by atoms with Gasteiger partial charge in [0.2, 0.25) is 5.91 Å². The first-order chi connectivity index (χ1) is 15.5. The number of aryl methyl sites for hydroxylation is 1. The lowest BCUT2D eigenvalue weighted by atomic mass is 9.90. The second-order valence-electron chi connectivity index (χ2n) is 9.57. The number of furan rings is 1. The molecule has 1 amide bonds. The number of hydrogen-bond acceptors (Lipinski definition) is 4. The largest absolute Gasteiger partial charge is 0.492 e. The van der Waals surface area contributed by atoms with Gasteiger partial charge in [-0.25, -0.2) is 0 Å². The van der Waals surface area contributed by atoms with E-state index in [-0.39, 0.29) is 17.2 Å². The van der Waals surface area contributed by atoms with Gasteiger partial charge >= 0.3 is 0 Å². The van der Waals surface area contributed by atoms with Crippen molar-refractivity contribution < 1.29 is 13.9 Å². The van der Waals surface area contributed by atoms with E-state index in [1.165, 1.54) is 10.9 Å². The van der Waals surface area contributed by atoms with Gasteiger partial charge in [-0.15, -0.1) is 0 Å². The van der Waals surface area contributed by atoms with E-state index in [0.717, 1.165) is 56.0 Å². The van der Waals surface area contributed by atoms with Crippen molar-refractivity contribution in [1.29, 1.82) is 0 Å². The minimum atomic E-state index is 0.181. The Labute approximate surface area is 189 Å². The number of hydrogen-bond donors (Lipinski definition) is 0. The first kappa shape index (κ1) is 21.1. The topological polar surface area (TPSA) is 45.9 Å². The molecule has 0 unspecified atom stereocenters. The van der Waals surface area contributed by atoms with E-state index < -0.39 is 0 Å². The molecule has 1 aromatic heterocycles. The first-order valence-electron chi connectivity index (χ1n) is 11.7. The van der Waals surface area contributed by atoms with Crippen LogP contribution in [0.1, 0.15) is 30.6 Å². The van der Waals surface area contributed by atoms with Crippen LogP contribution in [-0.4, -0.2) is 49.0 Å². The summed E-state index contributed by atoms with van der Waals surface area (Å²) in [6, 6.07) is 18.4. The van der Waals surface area contributed by atoms with Crippen LogP contribution in [0.25, 0.3) is 11.0 Å². The summed E-state index contributed by atoms with van der Waals surface area (Å²) < 4.78 is 11.8. The fourth-order valence-corrected chi connectivity index (χ4v) is 5.05. The second kappa shape index (κ2) is 8.62. The zero-order valence-electron chi connectivity index (χ0n) is 19.0. The Morgan fingerprint density at radius 3 is 2.66 bits per heavy atom. The number of carbonyl (C=O) groups is 1. The predicted molar refractivity (Wildman–Crippen MR) is 126 cm³/mol. The van der Waals surface area contributed by atoms with Gasteiger partial charge in [0, 0.05) is 18.4 Å². The van der Waals surface area contributed by atoms with Crippen LogP contribution in [0.2, 0.25) is 0 Å². The molecule has 2 aliphatic rings. The summed E-state index contributed by atoms with van der Waals surface area (Å²) in [5.41, 5.74) is 2.39. The lowest BCUT2D eigenvalue weighted by Gasteiger charge is -2.32. The smallest absolute Gasteiger partial charge is 0.226 e. The summed E-state index contributed by atoms with van der Waals surface area (Å²) in [5.74, 6) is 2.35. The van der Waals surface area contributed by atoms with Gasteiger partial charge in [-0.05, 0) is 69.0 Å². The van der Waals surface area contributed by atoms with Gasteiger partial charge in [-0.1, -0.05) is 35.9 Å². The van der Waals surface area contributed by atoms with Crippen LogP contribution in [0.5, 0.6) is 5.75 Å². The van der Waals surface area contributed by atoms with Gasteiger partial charge < -0.3 is 14.1 Å². The Hall–Kier alpha value is -2.79. The quantitative estimate of drug-likeness (QED) is 0.534. The number of amides is 1. The summed E-state index contributed by atoms with van der Waals surface area (Å²) in [7, 11) is 1.91. The molecule has 1 atom stereocenters. The molecule has 0 radical (unpaired) electrons. The number of carbonyl (C=O) groups excluding carboxylic acids is 1. The Balaban J connectivity index is 1.07. The molecule has 3 aromatic rings. The SMILES string of the molecule is Cc1ccc(OCCN(C)C(=O)[C@@H]2CC23CCN(Cc2cc4ccccc4o2)CC3)cc1. The minimum Gasteiger partial charge on any atom is -0.492 e. The summed E-state index contributed by atoms with van der Waals surface area (Å²) in [5, 5.41) is 1.17. The lowest BCUT2D eigenvalue weighted by molar-refractivity contribution is -0.132. The summed E-state index contributed by atoms with van der Waals surface area (Å²) in [6.07, 6.45) is 3.22. The zero-order chi connectivity index (χ0) is 22.1. The number of nitrogens with zero attached hydrogens (tertiary/aromatic N) is 2. The lowest BCUT2D eigenvalue weighted by Crippen LogP contribution is -2.38. The maximum Gasteiger partial charge on any atom is 0.226 e. The highest BCUT2D eigenvalue weighted by molar-refractivity contribution is 5.82. The molecule has 5 nitrogen and oxygen atoms in total. The molecule has 168 valence electrons. The summed E-state index contributed by atoms with van der Waals surface area (Å²) >= 11 is 0. The fraction of sp³-hybridized carbons (Fsp3) is 0.444. The normalized spacial score (nSPS) is 19.9. The Morgan fingerprint density at radius 1 is 1.16 bits per heavy atom. The van der Waals surface area contributed by atoms with Gasteiger partial charge in [-0.3, -0.25) is 9.69 Å². The molecule has 2 fully saturated rings.